The van der Waals surface area contributed by atoms with Gasteiger partial charge in [-0.3, -0.25) is 4.90 Å². The maximum atomic E-state index is 6.14. The molecule has 0 aromatic heterocycles. The Balaban J connectivity index is 2.54. The molecule has 0 aliphatic heterocycles. The minimum Gasteiger partial charge on any atom is -0.329 e. The van der Waals surface area contributed by atoms with Gasteiger partial charge in [0.2, 0.25) is 0 Å². The number of likely N-dealkylation sites (N-methyl/N-ethyl adjacent to an activating group) is 1. The Morgan fingerprint density at radius 1 is 1.19 bits per heavy atom. The lowest BCUT2D eigenvalue weighted by molar-refractivity contribution is 0.0764. The summed E-state index contributed by atoms with van der Waals surface area (Å²) in [6, 6.07) is 1.22. The van der Waals surface area contributed by atoms with Crippen LogP contribution >= 0.6 is 11.8 Å². The lowest BCUT2D eigenvalue weighted by Crippen LogP contribution is -2.48. The van der Waals surface area contributed by atoms with E-state index in [1.54, 1.807) is 0 Å². The van der Waals surface area contributed by atoms with Crippen molar-refractivity contribution in [2.75, 3.05) is 25.6 Å². The molecule has 3 heteroatoms. The smallest absolute Gasteiger partial charge is 0.0246 e. The lowest BCUT2D eigenvalue weighted by atomic mass is 9.68. The first kappa shape index (κ1) is 19.3. The van der Waals surface area contributed by atoms with Crippen LogP contribution < -0.4 is 5.73 Å². The molecule has 0 spiro atoms. The second-order valence-electron chi connectivity index (χ2n) is 8.08. The SMILES string of the molecule is CSCCC(C)N(C)C(CN)C1CCC(C(C)(C)C)CC1. The average molecular weight is 315 g/mol. The fraction of sp³-hybridized carbons (Fsp3) is 1.00. The van der Waals surface area contributed by atoms with Gasteiger partial charge in [0.05, 0.1) is 0 Å². The van der Waals surface area contributed by atoms with Crippen molar-refractivity contribution < 1.29 is 0 Å². The summed E-state index contributed by atoms with van der Waals surface area (Å²) in [6.45, 7) is 10.4. The predicted octanol–water partition coefficient (Wildman–Crippen LogP) is 4.24. The van der Waals surface area contributed by atoms with E-state index in [9.17, 15) is 0 Å². The molecule has 0 amide bonds. The summed E-state index contributed by atoms with van der Waals surface area (Å²) < 4.78 is 0. The van der Waals surface area contributed by atoms with Gasteiger partial charge in [0, 0.05) is 18.6 Å². The standard InChI is InChI=1S/C18H38N2S/c1-14(11-12-21-6)20(5)17(13-19)15-7-9-16(10-8-15)18(2,3)4/h14-17H,7-13,19H2,1-6H3. The quantitative estimate of drug-likeness (QED) is 0.762. The van der Waals surface area contributed by atoms with Gasteiger partial charge >= 0.3 is 0 Å². The van der Waals surface area contributed by atoms with E-state index in [0.29, 0.717) is 17.5 Å². The van der Waals surface area contributed by atoms with Gasteiger partial charge < -0.3 is 5.73 Å². The molecular weight excluding hydrogens is 276 g/mol. The maximum Gasteiger partial charge on any atom is 0.0246 e. The molecule has 1 aliphatic carbocycles. The first-order valence-corrected chi connectivity index (χ1v) is 10.1. The number of nitrogens with zero attached hydrogens (tertiary/aromatic N) is 1. The minimum atomic E-state index is 0.473. The topological polar surface area (TPSA) is 29.3 Å². The fourth-order valence-electron chi connectivity index (χ4n) is 3.88. The summed E-state index contributed by atoms with van der Waals surface area (Å²) in [5, 5.41) is 0. The van der Waals surface area contributed by atoms with Gasteiger partial charge in [-0.05, 0) is 75.3 Å². The van der Waals surface area contributed by atoms with E-state index in [-0.39, 0.29) is 0 Å². The normalized spacial score (nSPS) is 26.9. The Labute approximate surface area is 137 Å². The third-order valence-corrected chi connectivity index (χ3v) is 6.38. The summed E-state index contributed by atoms with van der Waals surface area (Å²) in [7, 11) is 2.29. The van der Waals surface area contributed by atoms with Crippen molar-refractivity contribution >= 4 is 11.8 Å². The van der Waals surface area contributed by atoms with E-state index in [1.165, 1.54) is 37.9 Å². The van der Waals surface area contributed by atoms with E-state index in [2.05, 4.69) is 45.9 Å². The third kappa shape index (κ3) is 5.76. The van der Waals surface area contributed by atoms with E-state index >= 15 is 0 Å². The summed E-state index contributed by atoms with van der Waals surface area (Å²) in [4.78, 5) is 2.57. The molecule has 126 valence electrons. The van der Waals surface area contributed by atoms with Crippen LogP contribution in [0, 0.1) is 17.3 Å². The second-order valence-corrected chi connectivity index (χ2v) is 9.06. The fourth-order valence-corrected chi connectivity index (χ4v) is 4.46. The zero-order valence-corrected chi connectivity index (χ0v) is 16.0. The second kappa shape index (κ2) is 8.79. The van der Waals surface area contributed by atoms with Gasteiger partial charge in [-0.15, -0.1) is 0 Å². The zero-order valence-electron chi connectivity index (χ0n) is 15.2. The lowest BCUT2D eigenvalue weighted by Gasteiger charge is -2.43. The van der Waals surface area contributed by atoms with E-state index in [4.69, 9.17) is 5.73 Å². The molecule has 1 rings (SSSR count). The average Bonchev–Trinajstić information content (AvgIpc) is 2.45. The minimum absolute atomic E-state index is 0.473. The van der Waals surface area contributed by atoms with Crippen LogP contribution in [0.5, 0.6) is 0 Å². The molecule has 1 aliphatic rings. The molecule has 21 heavy (non-hydrogen) atoms. The highest BCUT2D eigenvalue weighted by atomic mass is 32.2. The molecule has 0 bridgehead atoms. The predicted molar refractivity (Wildman–Crippen MR) is 98.0 cm³/mol. The Kier molecular flexibility index (Phi) is 8.08. The van der Waals surface area contributed by atoms with Crippen LogP contribution in [-0.4, -0.2) is 42.6 Å². The molecule has 2 unspecified atom stereocenters. The molecule has 0 aromatic rings. The number of nitrogens with two attached hydrogens (primary N) is 1. The molecular formula is C18H38N2S. The van der Waals surface area contributed by atoms with Gasteiger partial charge in [0.1, 0.15) is 0 Å². The Hall–Kier alpha value is 0.270. The highest BCUT2D eigenvalue weighted by Gasteiger charge is 2.34. The molecule has 2 N–H and O–H groups in total. The summed E-state index contributed by atoms with van der Waals surface area (Å²) in [6.07, 6.45) is 8.97. The van der Waals surface area contributed by atoms with Crippen LogP contribution in [0.4, 0.5) is 0 Å². The van der Waals surface area contributed by atoms with Crippen molar-refractivity contribution in [3.8, 4) is 0 Å². The summed E-state index contributed by atoms with van der Waals surface area (Å²) >= 11 is 1.95. The van der Waals surface area contributed by atoms with Crippen molar-refractivity contribution in [2.45, 2.75) is 71.9 Å². The molecule has 1 saturated carbocycles. The highest BCUT2D eigenvalue weighted by molar-refractivity contribution is 7.98. The molecule has 0 radical (unpaired) electrons. The van der Waals surface area contributed by atoms with Crippen molar-refractivity contribution in [1.82, 2.24) is 4.90 Å². The number of rotatable bonds is 7. The van der Waals surface area contributed by atoms with E-state index < -0.39 is 0 Å². The number of hydrogen-bond acceptors (Lipinski definition) is 3. The molecule has 2 nitrogen and oxygen atoms in total. The molecule has 0 heterocycles. The highest BCUT2D eigenvalue weighted by Crippen LogP contribution is 2.41. The largest absolute Gasteiger partial charge is 0.329 e. The van der Waals surface area contributed by atoms with Crippen molar-refractivity contribution in [2.24, 2.45) is 23.0 Å². The molecule has 1 fully saturated rings. The van der Waals surface area contributed by atoms with Crippen molar-refractivity contribution in [3.63, 3.8) is 0 Å². The summed E-state index contributed by atoms with van der Waals surface area (Å²) in [5.74, 6) is 2.95. The number of hydrogen-bond donors (Lipinski definition) is 1. The van der Waals surface area contributed by atoms with Gasteiger partial charge in [-0.2, -0.15) is 11.8 Å². The van der Waals surface area contributed by atoms with Gasteiger partial charge in [-0.1, -0.05) is 20.8 Å². The van der Waals surface area contributed by atoms with Crippen LogP contribution in [0.15, 0.2) is 0 Å². The van der Waals surface area contributed by atoms with Crippen LogP contribution in [-0.2, 0) is 0 Å². The maximum absolute atomic E-state index is 6.14. The Morgan fingerprint density at radius 3 is 2.19 bits per heavy atom. The first-order chi connectivity index (χ1) is 9.81. The number of thioether (sulfide) groups is 1. The van der Waals surface area contributed by atoms with Gasteiger partial charge in [-0.25, -0.2) is 0 Å². The summed E-state index contributed by atoms with van der Waals surface area (Å²) in [5.41, 5.74) is 6.62. The van der Waals surface area contributed by atoms with Gasteiger partial charge in [0.25, 0.3) is 0 Å². The first-order valence-electron chi connectivity index (χ1n) is 8.72. The Morgan fingerprint density at radius 2 is 1.76 bits per heavy atom. The van der Waals surface area contributed by atoms with Crippen LogP contribution in [0.25, 0.3) is 0 Å². The van der Waals surface area contributed by atoms with Crippen LogP contribution in [0.1, 0.15) is 59.8 Å². The van der Waals surface area contributed by atoms with E-state index in [0.717, 1.165) is 18.4 Å². The van der Waals surface area contributed by atoms with Crippen molar-refractivity contribution in [3.05, 3.63) is 0 Å². The molecule has 2 atom stereocenters. The molecule has 0 aromatic carbocycles. The third-order valence-electron chi connectivity index (χ3n) is 5.74. The molecule has 0 saturated heterocycles. The zero-order chi connectivity index (χ0) is 16.0. The van der Waals surface area contributed by atoms with Gasteiger partial charge in [0.15, 0.2) is 0 Å². The monoisotopic (exact) mass is 314 g/mol. The van der Waals surface area contributed by atoms with Crippen molar-refractivity contribution in [1.29, 1.82) is 0 Å². The van der Waals surface area contributed by atoms with E-state index in [1.807, 2.05) is 11.8 Å². The Bertz CT molecular complexity index is 279. The van der Waals surface area contributed by atoms with Crippen LogP contribution in [0.3, 0.4) is 0 Å². The van der Waals surface area contributed by atoms with Crippen LogP contribution in [0.2, 0.25) is 0 Å².